The van der Waals surface area contributed by atoms with Gasteiger partial charge in [0, 0.05) is 24.2 Å². The topological polar surface area (TPSA) is 46.3 Å². The van der Waals surface area contributed by atoms with Gasteiger partial charge in [0.1, 0.15) is 0 Å². The standard InChI is InChI=1S/C16H22N2O/c1-11-6-7-13-4-2-3-5-15(13)18(11)16(19)10-14(17)12-8-9-12/h2-5,11-12,14H,6-10,17H2,1H3. The Kier molecular flexibility index (Phi) is 3.31. The molecule has 3 nitrogen and oxygen atoms in total. The van der Waals surface area contributed by atoms with Crippen LogP contribution in [0.4, 0.5) is 5.69 Å². The maximum atomic E-state index is 12.6. The Balaban J connectivity index is 1.80. The average Bonchev–Trinajstić information content (AvgIpc) is 3.22. The fourth-order valence-corrected chi connectivity index (χ4v) is 3.06. The number of hydrogen-bond acceptors (Lipinski definition) is 2. The lowest BCUT2D eigenvalue weighted by Gasteiger charge is -2.36. The minimum Gasteiger partial charge on any atom is -0.327 e. The minimum absolute atomic E-state index is 0.0498. The summed E-state index contributed by atoms with van der Waals surface area (Å²) in [7, 11) is 0. The number of amides is 1. The lowest BCUT2D eigenvalue weighted by atomic mass is 9.95. The molecule has 1 aromatic rings. The molecule has 0 spiro atoms. The molecule has 1 aromatic carbocycles. The second-order valence-corrected chi connectivity index (χ2v) is 5.99. The predicted molar refractivity (Wildman–Crippen MR) is 77.0 cm³/mol. The molecule has 1 aliphatic carbocycles. The monoisotopic (exact) mass is 258 g/mol. The van der Waals surface area contributed by atoms with E-state index in [1.807, 2.05) is 17.0 Å². The summed E-state index contributed by atoms with van der Waals surface area (Å²) in [6, 6.07) is 8.58. The van der Waals surface area contributed by atoms with Crippen molar-refractivity contribution in [2.75, 3.05) is 4.90 Å². The zero-order valence-corrected chi connectivity index (χ0v) is 11.5. The number of nitrogens with two attached hydrogens (primary N) is 1. The van der Waals surface area contributed by atoms with E-state index < -0.39 is 0 Å². The smallest absolute Gasteiger partial charge is 0.228 e. The number of rotatable bonds is 3. The van der Waals surface area contributed by atoms with Crippen molar-refractivity contribution in [3.8, 4) is 0 Å². The zero-order chi connectivity index (χ0) is 13.4. The molecule has 2 aliphatic rings. The van der Waals surface area contributed by atoms with Gasteiger partial charge in [-0.05, 0) is 50.2 Å². The molecule has 1 amide bonds. The van der Waals surface area contributed by atoms with Gasteiger partial charge in [-0.3, -0.25) is 4.79 Å². The lowest BCUT2D eigenvalue weighted by Crippen LogP contribution is -2.44. The van der Waals surface area contributed by atoms with Gasteiger partial charge in [-0.15, -0.1) is 0 Å². The fraction of sp³-hybridized carbons (Fsp3) is 0.562. The highest BCUT2D eigenvalue weighted by atomic mass is 16.2. The van der Waals surface area contributed by atoms with Gasteiger partial charge in [0.2, 0.25) is 5.91 Å². The predicted octanol–water partition coefficient (Wildman–Crippen LogP) is 2.48. The van der Waals surface area contributed by atoms with Crippen LogP contribution in [0.15, 0.2) is 24.3 Å². The van der Waals surface area contributed by atoms with Gasteiger partial charge in [0.05, 0.1) is 0 Å². The molecule has 3 rings (SSSR count). The number of anilines is 1. The number of carbonyl (C=O) groups is 1. The summed E-state index contributed by atoms with van der Waals surface area (Å²) in [5.74, 6) is 0.776. The molecule has 0 saturated heterocycles. The molecule has 0 aromatic heterocycles. The molecule has 0 bridgehead atoms. The third-order valence-electron chi connectivity index (χ3n) is 4.43. The molecule has 0 radical (unpaired) electrons. The minimum atomic E-state index is 0.0498. The van der Waals surface area contributed by atoms with Crippen LogP contribution in [0.3, 0.4) is 0 Å². The Morgan fingerprint density at radius 2 is 2.11 bits per heavy atom. The van der Waals surface area contributed by atoms with E-state index in [4.69, 9.17) is 5.73 Å². The Morgan fingerprint density at radius 3 is 2.84 bits per heavy atom. The van der Waals surface area contributed by atoms with Crippen molar-refractivity contribution >= 4 is 11.6 Å². The summed E-state index contributed by atoms with van der Waals surface area (Å²) in [5.41, 5.74) is 8.48. The summed E-state index contributed by atoms with van der Waals surface area (Å²) in [4.78, 5) is 14.5. The maximum Gasteiger partial charge on any atom is 0.228 e. The number of aryl methyl sites for hydroxylation is 1. The second-order valence-electron chi connectivity index (χ2n) is 5.99. The van der Waals surface area contributed by atoms with Crippen molar-refractivity contribution in [3.63, 3.8) is 0 Å². The Morgan fingerprint density at radius 1 is 1.37 bits per heavy atom. The van der Waals surface area contributed by atoms with Gasteiger partial charge >= 0.3 is 0 Å². The molecular formula is C16H22N2O. The van der Waals surface area contributed by atoms with Crippen LogP contribution in [0.5, 0.6) is 0 Å². The summed E-state index contributed by atoms with van der Waals surface area (Å²) < 4.78 is 0. The number of benzene rings is 1. The number of fused-ring (bicyclic) bond motifs is 1. The molecule has 102 valence electrons. The van der Waals surface area contributed by atoms with E-state index in [2.05, 4.69) is 19.1 Å². The third-order valence-corrected chi connectivity index (χ3v) is 4.43. The van der Waals surface area contributed by atoms with E-state index in [9.17, 15) is 4.79 Å². The highest BCUT2D eigenvalue weighted by molar-refractivity contribution is 5.95. The van der Waals surface area contributed by atoms with Crippen LogP contribution in [0.25, 0.3) is 0 Å². The van der Waals surface area contributed by atoms with Crippen molar-refractivity contribution < 1.29 is 4.79 Å². The highest BCUT2D eigenvalue weighted by Gasteiger charge is 2.33. The number of nitrogens with zero attached hydrogens (tertiary/aromatic N) is 1. The molecule has 1 fully saturated rings. The van der Waals surface area contributed by atoms with E-state index in [0.29, 0.717) is 12.3 Å². The van der Waals surface area contributed by atoms with Gasteiger partial charge in [-0.2, -0.15) is 0 Å². The van der Waals surface area contributed by atoms with Gasteiger partial charge in [-0.1, -0.05) is 18.2 Å². The fourth-order valence-electron chi connectivity index (χ4n) is 3.06. The first kappa shape index (κ1) is 12.7. The van der Waals surface area contributed by atoms with Crippen LogP contribution in [0.2, 0.25) is 0 Å². The molecule has 2 unspecified atom stereocenters. The van der Waals surface area contributed by atoms with Crippen LogP contribution in [-0.2, 0) is 11.2 Å². The number of hydrogen-bond donors (Lipinski definition) is 1. The second kappa shape index (κ2) is 4.97. The Bertz CT molecular complexity index is 481. The molecule has 2 N–H and O–H groups in total. The molecule has 19 heavy (non-hydrogen) atoms. The summed E-state index contributed by atoms with van der Waals surface area (Å²) in [5, 5.41) is 0. The van der Waals surface area contributed by atoms with Gasteiger partial charge in [-0.25, -0.2) is 0 Å². The molecule has 1 heterocycles. The lowest BCUT2D eigenvalue weighted by molar-refractivity contribution is -0.119. The number of para-hydroxylation sites is 1. The number of carbonyl (C=O) groups excluding carboxylic acids is 1. The van der Waals surface area contributed by atoms with Gasteiger partial charge in [0.25, 0.3) is 0 Å². The first-order chi connectivity index (χ1) is 9.16. The van der Waals surface area contributed by atoms with E-state index >= 15 is 0 Å². The molecule has 1 saturated carbocycles. The molecular weight excluding hydrogens is 236 g/mol. The van der Waals surface area contributed by atoms with Crippen LogP contribution in [0, 0.1) is 5.92 Å². The van der Waals surface area contributed by atoms with Gasteiger partial charge in [0.15, 0.2) is 0 Å². The first-order valence-electron chi connectivity index (χ1n) is 7.32. The summed E-state index contributed by atoms with van der Waals surface area (Å²) in [6.45, 7) is 2.14. The average molecular weight is 258 g/mol. The maximum absolute atomic E-state index is 12.6. The van der Waals surface area contributed by atoms with Crippen molar-refractivity contribution in [1.29, 1.82) is 0 Å². The van der Waals surface area contributed by atoms with Gasteiger partial charge < -0.3 is 10.6 Å². The van der Waals surface area contributed by atoms with E-state index in [1.165, 1.54) is 18.4 Å². The zero-order valence-electron chi connectivity index (χ0n) is 11.5. The molecule has 1 aliphatic heterocycles. The quantitative estimate of drug-likeness (QED) is 0.905. The van der Waals surface area contributed by atoms with Crippen LogP contribution < -0.4 is 10.6 Å². The SMILES string of the molecule is CC1CCc2ccccc2N1C(=O)CC(N)C1CC1. The van der Waals surface area contributed by atoms with Crippen LogP contribution in [0.1, 0.15) is 38.2 Å². The van der Waals surface area contributed by atoms with Crippen molar-refractivity contribution in [2.45, 2.75) is 51.1 Å². The summed E-state index contributed by atoms with van der Waals surface area (Å²) in [6.07, 6.45) is 4.99. The van der Waals surface area contributed by atoms with Crippen LogP contribution in [-0.4, -0.2) is 18.0 Å². The van der Waals surface area contributed by atoms with E-state index in [1.54, 1.807) is 0 Å². The van der Waals surface area contributed by atoms with E-state index in [-0.39, 0.29) is 18.0 Å². The van der Waals surface area contributed by atoms with Crippen molar-refractivity contribution in [1.82, 2.24) is 0 Å². The largest absolute Gasteiger partial charge is 0.327 e. The Hall–Kier alpha value is -1.35. The Labute approximate surface area is 114 Å². The normalized spacial score (nSPS) is 23.9. The van der Waals surface area contributed by atoms with Crippen molar-refractivity contribution in [3.05, 3.63) is 29.8 Å². The van der Waals surface area contributed by atoms with E-state index in [0.717, 1.165) is 18.5 Å². The third kappa shape index (κ3) is 2.52. The van der Waals surface area contributed by atoms with Crippen molar-refractivity contribution in [2.24, 2.45) is 11.7 Å². The first-order valence-corrected chi connectivity index (χ1v) is 7.32. The van der Waals surface area contributed by atoms with Crippen LogP contribution >= 0.6 is 0 Å². The molecule has 3 heteroatoms. The highest BCUT2D eigenvalue weighted by Crippen LogP contribution is 2.35. The summed E-state index contributed by atoms with van der Waals surface area (Å²) >= 11 is 0. The molecule has 2 atom stereocenters.